The fourth-order valence-electron chi connectivity index (χ4n) is 5.02. The van der Waals surface area contributed by atoms with Crippen molar-refractivity contribution in [2.24, 2.45) is 32.5 Å². The van der Waals surface area contributed by atoms with E-state index in [1.807, 2.05) is 34.6 Å². The molecule has 0 fully saturated rings. The molecule has 2 N–H and O–H groups in total. The summed E-state index contributed by atoms with van der Waals surface area (Å²) >= 11 is 0. The summed E-state index contributed by atoms with van der Waals surface area (Å²) in [5, 5.41) is 5.31. The summed E-state index contributed by atoms with van der Waals surface area (Å²) in [6.45, 7) is 58.9. The largest absolute Gasteiger partial charge is 0.382 e. The molecule has 0 saturated heterocycles. The van der Waals surface area contributed by atoms with Gasteiger partial charge in [0.15, 0.2) is 0 Å². The van der Waals surface area contributed by atoms with E-state index in [0.717, 1.165) is 97.6 Å². The maximum atomic E-state index is 11.0. The van der Waals surface area contributed by atoms with Crippen LogP contribution in [0.2, 0.25) is 0 Å². The first-order valence-electron chi connectivity index (χ1n) is 29.3. The summed E-state index contributed by atoms with van der Waals surface area (Å²) in [6.07, 6.45) is 13.6. The number of ketones is 3. The zero-order valence-corrected chi connectivity index (χ0v) is 54.8. The molecule has 76 heavy (non-hydrogen) atoms. The smallest absolute Gasteiger partial charge is 0.221 e. The van der Waals surface area contributed by atoms with Crippen LogP contribution in [-0.2, 0) is 52.4 Å². The molecule has 0 heterocycles. The summed E-state index contributed by atoms with van der Waals surface area (Å²) in [7, 11) is 0. The highest BCUT2D eigenvalue weighted by molar-refractivity contribution is 5.78. The molecule has 0 rings (SSSR count). The molecular formula is C63H130N2O11. The highest BCUT2D eigenvalue weighted by Gasteiger charge is 2.13. The Balaban J connectivity index is -0.000000194. The molecule has 0 radical (unpaired) electrons. The van der Waals surface area contributed by atoms with Gasteiger partial charge in [-0.25, -0.2) is 0 Å². The number of Topliss-reactive ketones (excluding diaryl/α,β-unsaturated/α-hetero) is 3. The second-order valence-electron chi connectivity index (χ2n) is 26.7. The monoisotopic (exact) mass is 1090 g/mol. The zero-order chi connectivity index (χ0) is 60.3. The van der Waals surface area contributed by atoms with Gasteiger partial charge in [-0.05, 0) is 104 Å². The van der Waals surface area contributed by atoms with E-state index >= 15 is 0 Å². The normalized spacial score (nSPS) is 11.6. The number of hydrogen-bond acceptors (Lipinski definition) is 11. The molecular weight excluding hydrogens is 961 g/mol. The quantitative estimate of drug-likeness (QED) is 0.0475. The molecule has 0 aromatic carbocycles. The highest BCUT2D eigenvalue weighted by Crippen LogP contribution is 2.22. The SMILES string of the molecule is CC(=O)CCOCCC(C)(C)C.CCC(=O)CCCOCCC(C)(C)C.CCC(=O)CCCOCCCC(C)(C)C.CCC(=O)NCOCCC(C)(C)C.CCC(=O)NCOCCC(C)(C)C.CCOCCC(C)(C)C. The third-order valence-corrected chi connectivity index (χ3v) is 10.7. The van der Waals surface area contributed by atoms with Gasteiger partial charge in [0.2, 0.25) is 11.8 Å². The molecule has 0 aromatic rings. The Labute approximate surface area is 471 Å². The van der Waals surface area contributed by atoms with E-state index in [9.17, 15) is 24.0 Å². The Morgan fingerprint density at radius 3 is 0.868 bits per heavy atom. The van der Waals surface area contributed by atoms with Crippen LogP contribution in [0, 0.1) is 32.5 Å². The number of ether oxygens (including phenoxy) is 6. The van der Waals surface area contributed by atoms with E-state index in [0.29, 0.717) is 122 Å². The second kappa shape index (κ2) is 52.1. The number of nitrogens with one attached hydrogen (secondary N) is 2. The van der Waals surface area contributed by atoms with Crippen molar-refractivity contribution in [1.29, 1.82) is 0 Å². The molecule has 13 nitrogen and oxygen atoms in total. The lowest BCUT2D eigenvalue weighted by atomic mass is 9.91. The van der Waals surface area contributed by atoms with Gasteiger partial charge in [0.1, 0.15) is 30.8 Å². The Hall–Kier alpha value is -2.29. The maximum Gasteiger partial charge on any atom is 0.221 e. The van der Waals surface area contributed by atoms with Crippen molar-refractivity contribution < 1.29 is 52.4 Å². The van der Waals surface area contributed by atoms with Crippen molar-refractivity contribution in [1.82, 2.24) is 10.6 Å². The molecule has 0 saturated carbocycles. The van der Waals surface area contributed by atoms with Gasteiger partial charge < -0.3 is 39.1 Å². The summed E-state index contributed by atoms with van der Waals surface area (Å²) in [4.78, 5) is 54.0. The van der Waals surface area contributed by atoms with Crippen LogP contribution >= 0.6 is 0 Å². The molecule has 0 aromatic heterocycles. The summed E-state index contributed by atoms with van der Waals surface area (Å²) in [6, 6.07) is 0. The van der Waals surface area contributed by atoms with Crippen molar-refractivity contribution in [2.45, 2.75) is 269 Å². The van der Waals surface area contributed by atoms with E-state index in [2.05, 4.69) is 135 Å². The molecule has 0 bridgehead atoms. The van der Waals surface area contributed by atoms with Crippen molar-refractivity contribution in [2.75, 3.05) is 79.5 Å². The molecule has 0 atom stereocenters. The van der Waals surface area contributed by atoms with Gasteiger partial charge in [0.25, 0.3) is 0 Å². The average molecular weight is 1090 g/mol. The number of hydrogen-bond donors (Lipinski definition) is 2. The lowest BCUT2D eigenvalue weighted by Crippen LogP contribution is -2.25. The Morgan fingerprint density at radius 1 is 0.316 bits per heavy atom. The summed E-state index contributed by atoms with van der Waals surface area (Å²) in [5.41, 5.74) is 2.11. The van der Waals surface area contributed by atoms with E-state index in [-0.39, 0.29) is 17.6 Å². The maximum absolute atomic E-state index is 11.0. The van der Waals surface area contributed by atoms with Gasteiger partial charge in [-0.15, -0.1) is 0 Å². The van der Waals surface area contributed by atoms with Gasteiger partial charge in [-0.2, -0.15) is 0 Å². The molecule has 0 aliphatic rings. The van der Waals surface area contributed by atoms with E-state index in [4.69, 9.17) is 28.4 Å². The minimum Gasteiger partial charge on any atom is -0.382 e. The Morgan fingerprint density at radius 2 is 0.592 bits per heavy atom. The van der Waals surface area contributed by atoms with E-state index in [1.165, 1.54) is 6.42 Å². The lowest BCUT2D eigenvalue weighted by Gasteiger charge is -2.17. The summed E-state index contributed by atoms with van der Waals surface area (Å²) in [5.74, 6) is 0.954. The van der Waals surface area contributed by atoms with Gasteiger partial charge in [-0.3, -0.25) is 24.0 Å². The molecule has 0 unspecified atom stereocenters. The fraction of sp³-hybridized carbons (Fsp3) is 0.921. The first kappa shape index (κ1) is 85.0. The van der Waals surface area contributed by atoms with Crippen LogP contribution in [0.1, 0.15) is 269 Å². The minimum absolute atomic E-state index is 0.0377. The van der Waals surface area contributed by atoms with Gasteiger partial charge in [0.05, 0.1) is 6.61 Å². The number of amides is 2. The van der Waals surface area contributed by atoms with Crippen molar-refractivity contribution in [3.8, 4) is 0 Å². The van der Waals surface area contributed by atoms with Crippen molar-refractivity contribution in [3.63, 3.8) is 0 Å². The minimum atomic E-state index is 0.0377. The number of carbonyl (C=O) groups excluding carboxylic acids is 5. The topological polar surface area (TPSA) is 165 Å². The molecule has 0 aliphatic carbocycles. The van der Waals surface area contributed by atoms with E-state index in [1.54, 1.807) is 6.92 Å². The van der Waals surface area contributed by atoms with E-state index < -0.39 is 0 Å². The molecule has 0 spiro atoms. The van der Waals surface area contributed by atoms with Crippen LogP contribution in [0.5, 0.6) is 0 Å². The molecule has 2 amide bonds. The first-order valence-corrected chi connectivity index (χ1v) is 29.3. The van der Waals surface area contributed by atoms with Crippen LogP contribution in [0.25, 0.3) is 0 Å². The van der Waals surface area contributed by atoms with Gasteiger partial charge in [0, 0.05) is 104 Å². The third-order valence-electron chi connectivity index (χ3n) is 10.7. The second-order valence-corrected chi connectivity index (χ2v) is 26.7. The van der Waals surface area contributed by atoms with Gasteiger partial charge in [-0.1, -0.05) is 152 Å². The standard InChI is InChI=1S/C13H26O2.C12H24O2.2C10H21NO2.C10H20O2.C8H18O/c1-5-12(14)8-6-10-15-11-7-9-13(2,3)4;1-5-11(13)7-6-9-14-10-8-12(2,3)4;2*1-5-9(12)11-8-13-7-6-10(2,3)4;1-9(11)5-7-12-8-6-10(2,3)4;1-5-9-7-6-8(2,3)4/h5-11H2,1-4H3;5-10H2,1-4H3;2*5-8H2,1-4H3,(H,11,12);5-8H2,1-4H3;5-7H2,1-4H3. The van der Waals surface area contributed by atoms with Crippen LogP contribution < -0.4 is 10.6 Å². The zero-order valence-electron chi connectivity index (χ0n) is 54.8. The van der Waals surface area contributed by atoms with Crippen molar-refractivity contribution in [3.05, 3.63) is 0 Å². The van der Waals surface area contributed by atoms with Crippen molar-refractivity contribution >= 4 is 29.2 Å². The average Bonchev–Trinajstić information content (AvgIpc) is 3.28. The Bertz CT molecular complexity index is 1310. The van der Waals surface area contributed by atoms with Crippen LogP contribution in [0.3, 0.4) is 0 Å². The lowest BCUT2D eigenvalue weighted by molar-refractivity contribution is -0.123. The number of carbonyl (C=O) groups is 5. The van der Waals surface area contributed by atoms with Crippen LogP contribution in [-0.4, -0.2) is 109 Å². The molecule has 458 valence electrons. The third kappa shape index (κ3) is 101. The fourth-order valence-corrected chi connectivity index (χ4v) is 5.02. The molecule has 0 aliphatic heterocycles. The highest BCUT2D eigenvalue weighted by atomic mass is 16.5. The van der Waals surface area contributed by atoms with Crippen LogP contribution in [0.15, 0.2) is 0 Å². The predicted octanol–water partition coefficient (Wildman–Crippen LogP) is 15.5. The first-order chi connectivity index (χ1) is 34.8. The van der Waals surface area contributed by atoms with Gasteiger partial charge >= 0.3 is 0 Å². The predicted molar refractivity (Wildman–Crippen MR) is 321 cm³/mol. The molecule has 13 heteroatoms. The summed E-state index contributed by atoms with van der Waals surface area (Å²) < 4.78 is 31.9. The Kier molecular flexibility index (Phi) is 58.3. The van der Waals surface area contributed by atoms with Crippen LogP contribution in [0.4, 0.5) is 0 Å². The number of rotatable bonds is 33.